The highest BCUT2D eigenvalue weighted by Crippen LogP contribution is 2.41. The van der Waals surface area contributed by atoms with Crippen LogP contribution in [0, 0.1) is 11.2 Å². The highest BCUT2D eigenvalue weighted by molar-refractivity contribution is 7.70. The summed E-state index contributed by atoms with van der Waals surface area (Å²) in [6.45, 7) is 9.74. The van der Waals surface area contributed by atoms with Gasteiger partial charge in [-0.25, -0.2) is 14.0 Å². The van der Waals surface area contributed by atoms with E-state index in [0.29, 0.717) is 32.7 Å². The van der Waals surface area contributed by atoms with Crippen molar-refractivity contribution in [1.82, 2.24) is 14.9 Å². The minimum atomic E-state index is -2.51. The number of nitrogens with zero attached hydrogens (tertiary/aromatic N) is 3. The van der Waals surface area contributed by atoms with E-state index in [-0.39, 0.29) is 24.6 Å². The van der Waals surface area contributed by atoms with Crippen molar-refractivity contribution in [2.24, 2.45) is 5.41 Å². The molecule has 0 aliphatic carbocycles. The van der Waals surface area contributed by atoms with Gasteiger partial charge in [-0.1, -0.05) is 39.0 Å². The average molecular weight is 720 g/mol. The molecule has 0 saturated carbocycles. The molecule has 0 bridgehead atoms. The fourth-order valence-corrected chi connectivity index (χ4v) is 7.44. The van der Waals surface area contributed by atoms with Crippen molar-refractivity contribution in [3.8, 4) is 22.1 Å². The second-order valence-electron chi connectivity index (χ2n) is 13.1. The molecule has 0 aliphatic heterocycles. The summed E-state index contributed by atoms with van der Waals surface area (Å²) >= 11 is 1.38. The number of carboxylic acid groups (broad SMARTS) is 1. The van der Waals surface area contributed by atoms with E-state index < -0.39 is 36.5 Å². The van der Waals surface area contributed by atoms with E-state index in [2.05, 4.69) is 20.6 Å². The van der Waals surface area contributed by atoms with Gasteiger partial charge in [0.15, 0.2) is 11.6 Å². The Balaban J connectivity index is 1.32. The first kappa shape index (κ1) is 36.4. The Kier molecular flexibility index (Phi) is 10.9. The number of carbonyl (C=O) groups is 2. The van der Waals surface area contributed by atoms with E-state index in [0.717, 1.165) is 16.5 Å². The first-order valence-electron chi connectivity index (χ1n) is 15.7. The number of halogens is 1. The first-order valence-corrected chi connectivity index (χ1v) is 19.1. The molecule has 50 heavy (non-hydrogen) atoms. The van der Waals surface area contributed by atoms with Gasteiger partial charge in [0.25, 0.3) is 0 Å². The molecule has 2 aromatic carbocycles. The molecule has 0 fully saturated rings. The lowest BCUT2D eigenvalue weighted by atomic mass is 9.81. The summed E-state index contributed by atoms with van der Waals surface area (Å²) in [6, 6.07) is 17.1. The highest BCUT2D eigenvalue weighted by atomic mass is 32.1. The van der Waals surface area contributed by atoms with Crippen LogP contribution in [0.3, 0.4) is 0 Å². The molecule has 5 rings (SSSR count). The minimum absolute atomic E-state index is 0.0417. The predicted octanol–water partition coefficient (Wildman–Crippen LogP) is 8.90. The van der Waals surface area contributed by atoms with Gasteiger partial charge < -0.3 is 29.8 Å². The minimum Gasteiger partial charge on any atom is -0.465 e. The van der Waals surface area contributed by atoms with Gasteiger partial charge in [0.1, 0.15) is 12.9 Å². The zero-order valence-corrected chi connectivity index (χ0v) is 30.3. The molecule has 0 aliphatic rings. The van der Waals surface area contributed by atoms with Gasteiger partial charge in [-0.2, -0.15) is 0 Å². The molecule has 0 saturated heterocycles. The number of anilines is 2. The Morgan fingerprint density at radius 3 is 2.36 bits per heavy atom. The summed E-state index contributed by atoms with van der Waals surface area (Å²) < 4.78 is 39.5. The molecular weight excluding hydrogens is 680 g/mol. The molecule has 3 N–H and O–H groups in total. The second-order valence-corrected chi connectivity index (χ2v) is 17.3. The smallest absolute Gasteiger partial charge is 0.407 e. The van der Waals surface area contributed by atoms with Crippen LogP contribution in [0.1, 0.15) is 32.4 Å². The fourth-order valence-electron chi connectivity index (χ4n) is 5.50. The van der Waals surface area contributed by atoms with Crippen LogP contribution in [0.5, 0.6) is 11.5 Å². The Morgan fingerprint density at radius 2 is 1.74 bits per heavy atom. The topological polar surface area (TPSA) is 143 Å². The van der Waals surface area contributed by atoms with E-state index in [1.54, 1.807) is 56.1 Å². The van der Waals surface area contributed by atoms with Crippen LogP contribution in [0.2, 0.25) is 0 Å². The quantitative estimate of drug-likeness (QED) is 0.115. The standard InChI is InChI=1S/C36H39FN5O6PS/c1-36(2,3)33(42(35(44)45)16-17-47-4)22-10-12-27(39-21-22)31-20-28-32(50-31)30(14-15-38-28)48-29-13-11-24(19-26(29)37)41-34(43)40-23-8-7-9-25(18-23)49(5,6)46/h7-15,18-21,33H,16-17H2,1-6H3,(H,44,45)(H2,40,41,43). The number of amides is 3. The molecule has 11 nitrogen and oxygen atoms in total. The third-order valence-electron chi connectivity index (χ3n) is 7.78. The van der Waals surface area contributed by atoms with Crippen molar-refractivity contribution in [1.29, 1.82) is 0 Å². The maximum absolute atomic E-state index is 15.2. The maximum atomic E-state index is 15.2. The number of benzene rings is 2. The monoisotopic (exact) mass is 719 g/mol. The van der Waals surface area contributed by atoms with Gasteiger partial charge in [0, 0.05) is 54.9 Å². The Labute approximate surface area is 293 Å². The van der Waals surface area contributed by atoms with Crippen LogP contribution in [0.25, 0.3) is 20.8 Å². The number of fused-ring (bicyclic) bond motifs is 1. The number of hydrogen-bond acceptors (Lipinski definition) is 8. The molecular formula is C36H39FN5O6PS. The molecule has 262 valence electrons. The van der Waals surface area contributed by atoms with Crippen molar-refractivity contribution in [3.05, 3.63) is 90.5 Å². The van der Waals surface area contributed by atoms with Gasteiger partial charge >= 0.3 is 12.1 Å². The van der Waals surface area contributed by atoms with Crippen LogP contribution < -0.4 is 20.7 Å². The van der Waals surface area contributed by atoms with Crippen LogP contribution >= 0.6 is 18.5 Å². The molecule has 3 amide bonds. The average Bonchev–Trinajstić information content (AvgIpc) is 3.49. The van der Waals surface area contributed by atoms with E-state index in [1.165, 1.54) is 35.5 Å². The molecule has 1 unspecified atom stereocenters. The van der Waals surface area contributed by atoms with E-state index in [4.69, 9.17) is 9.47 Å². The Hall–Kier alpha value is -4.84. The third kappa shape index (κ3) is 8.65. The van der Waals surface area contributed by atoms with Crippen molar-refractivity contribution in [2.45, 2.75) is 26.8 Å². The van der Waals surface area contributed by atoms with Gasteiger partial charge in [-0.15, -0.1) is 11.3 Å². The summed E-state index contributed by atoms with van der Waals surface area (Å²) in [7, 11) is -0.972. The first-order chi connectivity index (χ1) is 23.6. The van der Waals surface area contributed by atoms with Crippen molar-refractivity contribution >= 4 is 57.5 Å². The van der Waals surface area contributed by atoms with Gasteiger partial charge in [-0.05, 0) is 60.7 Å². The zero-order valence-electron chi connectivity index (χ0n) is 28.6. The van der Waals surface area contributed by atoms with Crippen LogP contribution in [0.15, 0.2) is 79.1 Å². The number of pyridine rings is 2. The van der Waals surface area contributed by atoms with Crippen molar-refractivity contribution in [2.75, 3.05) is 44.2 Å². The number of thiophene rings is 1. The Morgan fingerprint density at radius 1 is 1.00 bits per heavy atom. The number of urea groups is 1. The summed E-state index contributed by atoms with van der Waals surface area (Å²) in [6.07, 6.45) is 2.23. The molecule has 0 spiro atoms. The Bertz CT molecular complexity index is 2060. The lowest BCUT2D eigenvalue weighted by molar-refractivity contribution is 0.0612. The summed E-state index contributed by atoms with van der Waals surface area (Å²) in [4.78, 5) is 36.1. The second kappa shape index (κ2) is 15.0. The van der Waals surface area contributed by atoms with E-state index in [9.17, 15) is 19.3 Å². The maximum Gasteiger partial charge on any atom is 0.407 e. The lowest BCUT2D eigenvalue weighted by Crippen LogP contribution is -2.42. The number of ether oxygens (including phenoxy) is 2. The zero-order chi connectivity index (χ0) is 36.2. The number of carbonyl (C=O) groups excluding carboxylic acids is 1. The highest BCUT2D eigenvalue weighted by Gasteiger charge is 2.35. The fraction of sp³-hybridized carbons (Fsp3) is 0.278. The normalized spacial score (nSPS) is 12.4. The number of methoxy groups -OCH3 is 1. The van der Waals surface area contributed by atoms with Crippen LogP contribution in [-0.4, -0.2) is 65.7 Å². The molecule has 14 heteroatoms. The number of nitrogens with one attached hydrogen (secondary N) is 2. The van der Waals surface area contributed by atoms with Crippen LogP contribution in [0.4, 0.5) is 25.4 Å². The van der Waals surface area contributed by atoms with E-state index >= 15 is 4.39 Å². The number of aromatic nitrogens is 2. The molecule has 1 atom stereocenters. The third-order valence-corrected chi connectivity index (χ3v) is 10.5. The SMILES string of the molecule is COCCN(C(=O)O)C(c1ccc(-c2cc3nccc(Oc4ccc(NC(=O)Nc5cccc(P(C)(C)=O)c5)cc4F)c3s2)nc1)C(C)(C)C. The largest absolute Gasteiger partial charge is 0.465 e. The summed E-state index contributed by atoms with van der Waals surface area (Å²) in [5.41, 5.74) is 2.32. The number of rotatable bonds is 11. The molecule has 5 aromatic rings. The predicted molar refractivity (Wildman–Crippen MR) is 196 cm³/mol. The molecule has 3 aromatic heterocycles. The van der Waals surface area contributed by atoms with Gasteiger partial charge in [0.2, 0.25) is 0 Å². The summed E-state index contributed by atoms with van der Waals surface area (Å²) in [5.74, 6) is -0.330. The number of hydrogen-bond donors (Lipinski definition) is 3. The molecule has 0 radical (unpaired) electrons. The van der Waals surface area contributed by atoms with Crippen LogP contribution in [-0.2, 0) is 9.30 Å². The van der Waals surface area contributed by atoms with Crippen molar-refractivity contribution < 1.29 is 33.1 Å². The lowest BCUT2D eigenvalue weighted by Gasteiger charge is -2.38. The molecule has 3 heterocycles. The summed E-state index contributed by atoms with van der Waals surface area (Å²) in [5, 5.41) is 15.9. The van der Waals surface area contributed by atoms with Gasteiger partial charge in [-0.3, -0.25) is 14.9 Å². The van der Waals surface area contributed by atoms with Crippen molar-refractivity contribution in [3.63, 3.8) is 0 Å². The van der Waals surface area contributed by atoms with Gasteiger partial charge in [0.05, 0.1) is 33.4 Å². The van der Waals surface area contributed by atoms with E-state index in [1.807, 2.05) is 39.0 Å².